The van der Waals surface area contributed by atoms with Crippen LogP contribution in [-0.2, 0) is 0 Å². The van der Waals surface area contributed by atoms with Gasteiger partial charge in [0.1, 0.15) is 0 Å². The second-order valence-electron chi connectivity index (χ2n) is 7.94. The molecule has 0 amide bonds. The summed E-state index contributed by atoms with van der Waals surface area (Å²) in [7, 11) is 0. The molecule has 2 aliphatic rings. The second kappa shape index (κ2) is 7.94. The van der Waals surface area contributed by atoms with Gasteiger partial charge in [-0.15, -0.1) is 0 Å². The zero-order valence-electron chi connectivity index (χ0n) is 14.9. The Morgan fingerprint density at radius 2 is 1.71 bits per heavy atom. The fourth-order valence-electron chi connectivity index (χ4n) is 4.68. The first-order valence-corrected chi connectivity index (χ1v) is 9.21. The molecule has 4 atom stereocenters. The number of hydrogen-bond acceptors (Lipinski definition) is 3. The third-order valence-corrected chi connectivity index (χ3v) is 5.34. The lowest BCUT2D eigenvalue weighted by Crippen LogP contribution is -2.61. The number of nitrogens with one attached hydrogen (secondary N) is 1. The highest BCUT2D eigenvalue weighted by Gasteiger charge is 2.38. The first-order valence-electron chi connectivity index (χ1n) is 9.21. The molecule has 3 heteroatoms. The standard InChI is InChI=1S/C18H37N3/c1-6-19-17-12-15(4)11-16(5)18(17)21-9-7-20(8-10-21)13-14(2)3/h14-19H,6-13H2,1-5H3. The zero-order chi connectivity index (χ0) is 15.4. The van der Waals surface area contributed by atoms with Gasteiger partial charge in [-0.2, -0.15) is 0 Å². The van der Waals surface area contributed by atoms with Crippen molar-refractivity contribution in [3.63, 3.8) is 0 Å². The summed E-state index contributed by atoms with van der Waals surface area (Å²) < 4.78 is 0. The summed E-state index contributed by atoms with van der Waals surface area (Å²) in [5, 5.41) is 3.78. The molecule has 0 aromatic carbocycles. The first-order chi connectivity index (χ1) is 10.0. The molecule has 21 heavy (non-hydrogen) atoms. The van der Waals surface area contributed by atoms with Crippen LogP contribution in [0, 0.1) is 17.8 Å². The lowest BCUT2D eigenvalue weighted by molar-refractivity contribution is 0.0216. The molecule has 0 aromatic heterocycles. The Morgan fingerprint density at radius 3 is 2.29 bits per heavy atom. The van der Waals surface area contributed by atoms with Crippen LogP contribution in [0.5, 0.6) is 0 Å². The number of hydrogen-bond donors (Lipinski definition) is 1. The number of likely N-dealkylation sites (N-methyl/N-ethyl adjacent to an activating group) is 1. The van der Waals surface area contributed by atoms with Gasteiger partial charge in [-0.25, -0.2) is 0 Å². The molecule has 1 saturated heterocycles. The second-order valence-corrected chi connectivity index (χ2v) is 7.94. The van der Waals surface area contributed by atoms with Crippen molar-refractivity contribution in [3.8, 4) is 0 Å². The summed E-state index contributed by atoms with van der Waals surface area (Å²) in [6, 6.07) is 1.45. The summed E-state index contributed by atoms with van der Waals surface area (Å²) in [6.07, 6.45) is 2.76. The number of nitrogens with zero attached hydrogens (tertiary/aromatic N) is 2. The van der Waals surface area contributed by atoms with E-state index in [0.29, 0.717) is 6.04 Å². The molecule has 2 fully saturated rings. The zero-order valence-corrected chi connectivity index (χ0v) is 14.9. The van der Waals surface area contributed by atoms with Crippen molar-refractivity contribution in [1.82, 2.24) is 15.1 Å². The van der Waals surface area contributed by atoms with Gasteiger partial charge in [0.05, 0.1) is 0 Å². The average Bonchev–Trinajstić information content (AvgIpc) is 2.39. The molecule has 0 radical (unpaired) electrons. The first kappa shape index (κ1) is 17.2. The van der Waals surface area contributed by atoms with Crippen molar-refractivity contribution in [2.75, 3.05) is 39.3 Å². The molecular formula is C18H37N3. The Hall–Kier alpha value is -0.120. The van der Waals surface area contributed by atoms with E-state index in [1.807, 2.05) is 0 Å². The number of piperazine rings is 1. The fourth-order valence-corrected chi connectivity index (χ4v) is 4.68. The predicted octanol–water partition coefficient (Wildman–Crippen LogP) is 2.67. The Labute approximate surface area is 132 Å². The molecule has 124 valence electrons. The van der Waals surface area contributed by atoms with Crippen LogP contribution in [0.25, 0.3) is 0 Å². The molecule has 1 heterocycles. The Bertz CT molecular complexity index is 297. The van der Waals surface area contributed by atoms with Gasteiger partial charge in [0.25, 0.3) is 0 Å². The molecule has 0 bridgehead atoms. The molecule has 1 saturated carbocycles. The van der Waals surface area contributed by atoms with Gasteiger partial charge < -0.3 is 10.2 Å². The minimum absolute atomic E-state index is 0.699. The summed E-state index contributed by atoms with van der Waals surface area (Å²) >= 11 is 0. The molecular weight excluding hydrogens is 258 g/mol. The van der Waals surface area contributed by atoms with E-state index in [1.165, 1.54) is 45.6 Å². The van der Waals surface area contributed by atoms with Crippen LogP contribution in [0.2, 0.25) is 0 Å². The van der Waals surface area contributed by atoms with E-state index < -0.39 is 0 Å². The van der Waals surface area contributed by atoms with Crippen molar-refractivity contribution >= 4 is 0 Å². The highest BCUT2D eigenvalue weighted by atomic mass is 15.3. The van der Waals surface area contributed by atoms with Gasteiger partial charge in [-0.1, -0.05) is 34.6 Å². The minimum atomic E-state index is 0.699. The molecule has 1 aliphatic heterocycles. The smallest absolute Gasteiger partial charge is 0.0276 e. The van der Waals surface area contributed by atoms with Gasteiger partial charge in [0, 0.05) is 44.8 Å². The van der Waals surface area contributed by atoms with Crippen molar-refractivity contribution < 1.29 is 0 Å². The van der Waals surface area contributed by atoms with Gasteiger partial charge in [0.2, 0.25) is 0 Å². The summed E-state index contributed by atoms with van der Waals surface area (Å²) in [4.78, 5) is 5.44. The van der Waals surface area contributed by atoms with E-state index in [1.54, 1.807) is 0 Å². The molecule has 1 aliphatic carbocycles. The van der Waals surface area contributed by atoms with Crippen molar-refractivity contribution in [2.45, 2.75) is 59.5 Å². The third-order valence-electron chi connectivity index (χ3n) is 5.34. The van der Waals surface area contributed by atoms with Gasteiger partial charge >= 0.3 is 0 Å². The van der Waals surface area contributed by atoms with E-state index in [4.69, 9.17) is 0 Å². The highest BCUT2D eigenvalue weighted by Crippen LogP contribution is 2.33. The van der Waals surface area contributed by atoms with E-state index >= 15 is 0 Å². The normalized spacial score (nSPS) is 36.3. The van der Waals surface area contributed by atoms with E-state index in [9.17, 15) is 0 Å². The van der Waals surface area contributed by atoms with Crippen LogP contribution in [-0.4, -0.2) is 61.2 Å². The molecule has 0 spiro atoms. The number of rotatable bonds is 5. The Kier molecular flexibility index (Phi) is 6.51. The predicted molar refractivity (Wildman–Crippen MR) is 91.7 cm³/mol. The van der Waals surface area contributed by atoms with Crippen LogP contribution < -0.4 is 5.32 Å². The van der Waals surface area contributed by atoms with Crippen LogP contribution in [0.4, 0.5) is 0 Å². The van der Waals surface area contributed by atoms with Gasteiger partial charge in [0.15, 0.2) is 0 Å². The molecule has 0 aromatic rings. The van der Waals surface area contributed by atoms with Gasteiger partial charge in [-0.3, -0.25) is 4.90 Å². The summed E-state index contributed by atoms with van der Waals surface area (Å²) in [5.41, 5.74) is 0. The van der Waals surface area contributed by atoms with Crippen LogP contribution in [0.15, 0.2) is 0 Å². The maximum absolute atomic E-state index is 3.78. The lowest BCUT2D eigenvalue weighted by atomic mass is 9.75. The van der Waals surface area contributed by atoms with Crippen molar-refractivity contribution in [2.24, 2.45) is 17.8 Å². The van der Waals surface area contributed by atoms with Crippen molar-refractivity contribution in [3.05, 3.63) is 0 Å². The largest absolute Gasteiger partial charge is 0.313 e. The fraction of sp³-hybridized carbons (Fsp3) is 1.00. The maximum atomic E-state index is 3.78. The van der Waals surface area contributed by atoms with Crippen LogP contribution >= 0.6 is 0 Å². The Balaban J connectivity index is 1.93. The van der Waals surface area contributed by atoms with E-state index in [0.717, 1.165) is 30.3 Å². The lowest BCUT2D eigenvalue weighted by Gasteiger charge is -2.49. The summed E-state index contributed by atoms with van der Waals surface area (Å²) in [5.74, 6) is 2.50. The monoisotopic (exact) mass is 295 g/mol. The minimum Gasteiger partial charge on any atom is -0.313 e. The highest BCUT2D eigenvalue weighted by molar-refractivity contribution is 4.95. The van der Waals surface area contributed by atoms with E-state index in [-0.39, 0.29) is 0 Å². The quantitative estimate of drug-likeness (QED) is 0.841. The Morgan fingerprint density at radius 1 is 1.05 bits per heavy atom. The average molecular weight is 296 g/mol. The van der Waals surface area contributed by atoms with Crippen molar-refractivity contribution in [1.29, 1.82) is 0 Å². The molecule has 1 N–H and O–H groups in total. The SMILES string of the molecule is CCNC1CC(C)CC(C)C1N1CCN(CC(C)C)CC1. The van der Waals surface area contributed by atoms with Crippen LogP contribution in [0.3, 0.4) is 0 Å². The molecule has 2 rings (SSSR count). The molecule has 3 nitrogen and oxygen atoms in total. The summed E-state index contributed by atoms with van der Waals surface area (Å²) in [6.45, 7) is 19.2. The maximum Gasteiger partial charge on any atom is 0.0276 e. The molecule has 4 unspecified atom stereocenters. The third kappa shape index (κ3) is 4.67. The van der Waals surface area contributed by atoms with E-state index in [2.05, 4.69) is 49.7 Å². The van der Waals surface area contributed by atoms with Gasteiger partial charge in [-0.05, 0) is 37.1 Å². The topological polar surface area (TPSA) is 18.5 Å². The van der Waals surface area contributed by atoms with Crippen LogP contribution in [0.1, 0.15) is 47.5 Å².